The Labute approximate surface area is 138 Å². The van der Waals surface area contributed by atoms with Crippen molar-refractivity contribution in [1.29, 1.82) is 0 Å². The molecule has 8 heteroatoms. The van der Waals surface area contributed by atoms with Crippen LogP contribution in [0.5, 0.6) is 5.75 Å². The number of hydrogen-bond acceptors (Lipinski definition) is 5. The third-order valence-electron chi connectivity index (χ3n) is 3.25. The summed E-state index contributed by atoms with van der Waals surface area (Å²) >= 11 is 0. The Bertz CT molecular complexity index is 660. The number of halogens is 3. The number of rotatable bonds is 5. The molecule has 1 atom stereocenters. The summed E-state index contributed by atoms with van der Waals surface area (Å²) in [6.07, 6.45) is -4.68. The highest BCUT2D eigenvalue weighted by Gasteiger charge is 2.31. The molecule has 0 aliphatic carbocycles. The molecule has 0 saturated heterocycles. The van der Waals surface area contributed by atoms with E-state index in [2.05, 4.69) is 20.2 Å². The van der Waals surface area contributed by atoms with Crippen LogP contribution in [0.3, 0.4) is 0 Å². The first-order valence-electron chi connectivity index (χ1n) is 7.47. The number of nitrogens with one attached hydrogen (secondary N) is 1. The molecule has 2 aromatic rings. The lowest BCUT2D eigenvalue weighted by atomic mass is 9.96. The molecule has 0 bridgehead atoms. The Morgan fingerprint density at radius 1 is 1.17 bits per heavy atom. The van der Waals surface area contributed by atoms with E-state index in [1.165, 1.54) is 12.1 Å². The Kier molecular flexibility index (Phi) is 5.17. The van der Waals surface area contributed by atoms with Crippen molar-refractivity contribution in [3.8, 4) is 5.75 Å². The molecule has 1 aromatic carbocycles. The van der Waals surface area contributed by atoms with Gasteiger partial charge in [0.25, 0.3) is 0 Å². The van der Waals surface area contributed by atoms with Crippen LogP contribution in [0.4, 0.5) is 13.2 Å². The van der Waals surface area contributed by atoms with Crippen molar-refractivity contribution < 1.29 is 22.4 Å². The summed E-state index contributed by atoms with van der Waals surface area (Å²) in [7, 11) is 0. The average molecular weight is 343 g/mol. The van der Waals surface area contributed by atoms with E-state index in [1.807, 2.05) is 27.7 Å². The summed E-state index contributed by atoms with van der Waals surface area (Å²) in [6.45, 7) is 8.29. The second kappa shape index (κ2) is 6.80. The molecule has 0 spiro atoms. The quantitative estimate of drug-likeness (QED) is 0.885. The average Bonchev–Trinajstić information content (AvgIpc) is 2.94. The van der Waals surface area contributed by atoms with Crippen LogP contribution in [0.1, 0.15) is 51.0 Å². The summed E-state index contributed by atoms with van der Waals surface area (Å²) in [6, 6.07) is 5.50. The highest BCUT2D eigenvalue weighted by Crippen LogP contribution is 2.23. The van der Waals surface area contributed by atoms with Gasteiger partial charge in [-0.3, -0.25) is 0 Å². The van der Waals surface area contributed by atoms with E-state index in [1.54, 1.807) is 12.1 Å². The van der Waals surface area contributed by atoms with Gasteiger partial charge in [0.05, 0.1) is 6.04 Å². The van der Waals surface area contributed by atoms with Crippen molar-refractivity contribution in [2.75, 3.05) is 0 Å². The van der Waals surface area contributed by atoms with Gasteiger partial charge in [-0.05, 0) is 24.6 Å². The lowest BCUT2D eigenvalue weighted by Crippen LogP contribution is -2.19. The second-order valence-electron chi connectivity index (χ2n) is 6.50. The lowest BCUT2D eigenvalue weighted by Gasteiger charge is -2.12. The Hall–Kier alpha value is -2.09. The lowest BCUT2D eigenvalue weighted by molar-refractivity contribution is -0.274. The fourth-order valence-corrected chi connectivity index (χ4v) is 1.88. The molecule has 5 nitrogen and oxygen atoms in total. The molecule has 0 fully saturated rings. The van der Waals surface area contributed by atoms with Gasteiger partial charge in [-0.1, -0.05) is 38.1 Å². The van der Waals surface area contributed by atoms with Gasteiger partial charge in [-0.15, -0.1) is 13.2 Å². The van der Waals surface area contributed by atoms with Crippen molar-refractivity contribution in [2.45, 2.75) is 52.1 Å². The molecule has 1 heterocycles. The molecule has 0 aliphatic rings. The molecule has 0 aliphatic heterocycles. The maximum atomic E-state index is 12.1. The number of nitrogens with zero attached hydrogens (tertiary/aromatic N) is 2. The van der Waals surface area contributed by atoms with E-state index in [0.717, 1.165) is 5.56 Å². The highest BCUT2D eigenvalue weighted by atomic mass is 19.4. The largest absolute Gasteiger partial charge is 0.573 e. The molecule has 0 saturated carbocycles. The smallest absolute Gasteiger partial charge is 0.406 e. The Morgan fingerprint density at radius 3 is 2.29 bits per heavy atom. The molecule has 132 valence electrons. The molecule has 2 rings (SSSR count). The first-order valence-corrected chi connectivity index (χ1v) is 7.47. The number of hydrogen-bond donors (Lipinski definition) is 1. The molecule has 1 aromatic heterocycles. The van der Waals surface area contributed by atoms with Gasteiger partial charge in [0.1, 0.15) is 5.75 Å². The first kappa shape index (κ1) is 18.3. The predicted molar refractivity (Wildman–Crippen MR) is 81.4 cm³/mol. The van der Waals surface area contributed by atoms with Crippen molar-refractivity contribution in [2.24, 2.45) is 0 Å². The molecule has 0 amide bonds. The Balaban J connectivity index is 1.92. The van der Waals surface area contributed by atoms with E-state index in [4.69, 9.17) is 4.52 Å². The van der Waals surface area contributed by atoms with E-state index < -0.39 is 6.36 Å². The van der Waals surface area contributed by atoms with Crippen LogP contribution in [-0.2, 0) is 12.0 Å². The summed E-state index contributed by atoms with van der Waals surface area (Å²) in [5.74, 6) is 0.850. The predicted octanol–water partition coefficient (Wildman–Crippen LogP) is 4.12. The molecular weight excluding hydrogens is 323 g/mol. The van der Waals surface area contributed by atoms with E-state index in [0.29, 0.717) is 18.3 Å². The zero-order valence-corrected chi connectivity index (χ0v) is 13.9. The number of benzene rings is 1. The minimum absolute atomic E-state index is 0.181. The molecular formula is C16H20F3N3O2. The minimum atomic E-state index is -4.68. The third-order valence-corrected chi connectivity index (χ3v) is 3.25. The molecule has 1 N–H and O–H groups in total. The standard InChI is InChI=1S/C16H20F3N3O2/c1-10(13-21-14(22-24-13)15(2,3)4)20-9-11-5-7-12(8-6-11)23-16(17,18)19/h5-8,10,20H,9H2,1-4H3. The number of ether oxygens (including phenoxy) is 1. The van der Waals surface area contributed by atoms with Gasteiger partial charge in [-0.2, -0.15) is 4.98 Å². The maximum Gasteiger partial charge on any atom is 0.573 e. The fourth-order valence-electron chi connectivity index (χ4n) is 1.88. The second-order valence-corrected chi connectivity index (χ2v) is 6.50. The van der Waals surface area contributed by atoms with Crippen LogP contribution in [0.15, 0.2) is 28.8 Å². The zero-order valence-electron chi connectivity index (χ0n) is 13.9. The van der Waals surface area contributed by atoms with Crippen molar-refractivity contribution in [1.82, 2.24) is 15.5 Å². The summed E-state index contributed by atoms with van der Waals surface area (Å²) in [4.78, 5) is 4.36. The van der Waals surface area contributed by atoms with Gasteiger partial charge >= 0.3 is 6.36 Å². The highest BCUT2D eigenvalue weighted by molar-refractivity contribution is 5.27. The monoisotopic (exact) mass is 343 g/mol. The van der Waals surface area contributed by atoms with Crippen molar-refractivity contribution in [3.63, 3.8) is 0 Å². The van der Waals surface area contributed by atoms with Crippen LogP contribution >= 0.6 is 0 Å². The number of alkyl halides is 3. The van der Waals surface area contributed by atoms with Crippen molar-refractivity contribution >= 4 is 0 Å². The molecule has 0 radical (unpaired) electrons. The van der Waals surface area contributed by atoms with Crippen LogP contribution in [-0.4, -0.2) is 16.5 Å². The third kappa shape index (κ3) is 5.23. The summed E-state index contributed by atoms with van der Waals surface area (Å²) in [5.41, 5.74) is 0.613. The first-order chi connectivity index (χ1) is 11.0. The minimum Gasteiger partial charge on any atom is -0.406 e. The summed E-state index contributed by atoms with van der Waals surface area (Å²) < 4.78 is 45.4. The van der Waals surface area contributed by atoms with E-state index >= 15 is 0 Å². The molecule has 24 heavy (non-hydrogen) atoms. The Morgan fingerprint density at radius 2 is 1.79 bits per heavy atom. The van der Waals surface area contributed by atoms with Crippen LogP contribution in [0.2, 0.25) is 0 Å². The van der Waals surface area contributed by atoms with Gasteiger partial charge in [0.2, 0.25) is 5.89 Å². The van der Waals surface area contributed by atoms with E-state index in [-0.39, 0.29) is 17.2 Å². The topological polar surface area (TPSA) is 60.2 Å². The fraction of sp³-hybridized carbons (Fsp3) is 0.500. The van der Waals surface area contributed by atoms with Gasteiger partial charge < -0.3 is 14.6 Å². The normalized spacial score (nSPS) is 13.8. The van der Waals surface area contributed by atoms with E-state index in [9.17, 15) is 13.2 Å². The van der Waals surface area contributed by atoms with Gasteiger partial charge in [0.15, 0.2) is 5.82 Å². The van der Waals surface area contributed by atoms with Gasteiger partial charge in [0, 0.05) is 12.0 Å². The van der Waals surface area contributed by atoms with Crippen LogP contribution in [0.25, 0.3) is 0 Å². The molecule has 1 unspecified atom stereocenters. The maximum absolute atomic E-state index is 12.1. The SMILES string of the molecule is CC(NCc1ccc(OC(F)(F)F)cc1)c1nc(C(C)(C)C)no1. The van der Waals surface area contributed by atoms with Crippen LogP contribution in [0, 0.1) is 0 Å². The number of aromatic nitrogens is 2. The summed E-state index contributed by atoms with van der Waals surface area (Å²) in [5, 5.41) is 7.15. The van der Waals surface area contributed by atoms with Crippen LogP contribution < -0.4 is 10.1 Å². The van der Waals surface area contributed by atoms with Gasteiger partial charge in [-0.25, -0.2) is 0 Å². The zero-order chi connectivity index (χ0) is 18.0. The van der Waals surface area contributed by atoms with Crippen molar-refractivity contribution in [3.05, 3.63) is 41.5 Å².